The SMILES string of the molecule is C=C1CC2CCC34CC5OC6C(O3)C3OC(CCC3O[C@H]6C5O4)CC(=O)CC3C(CC4OC(CCC1O2)CC(C)C4=C)OC(CCO)C3OC.C=C1CC2CCC34CC5OC6C(O3)C3OC(CCC3O[C@H]6C5O4)CC(=O)CC3C(CC4OC(CCC1O2)CC(C)C4=C)OC(CCO)C3OC. The molecule has 2 N–H and O–H groups in total. The van der Waals surface area contributed by atoms with Crippen LogP contribution in [0.15, 0.2) is 48.6 Å². The van der Waals surface area contributed by atoms with Gasteiger partial charge in [0, 0.05) is 103 Å². The van der Waals surface area contributed by atoms with Crippen LogP contribution in [0.25, 0.3) is 0 Å². The van der Waals surface area contributed by atoms with Gasteiger partial charge in [0.1, 0.15) is 72.6 Å². The molecule has 36 atom stereocenters. The van der Waals surface area contributed by atoms with Crippen molar-refractivity contribution >= 4 is 11.6 Å². The summed E-state index contributed by atoms with van der Waals surface area (Å²) in [7, 11) is 3.35. The third-order valence-corrected chi connectivity index (χ3v) is 27.2. The van der Waals surface area contributed by atoms with Crippen LogP contribution >= 0.6 is 0 Å². The van der Waals surface area contributed by atoms with Crippen LogP contribution in [0.2, 0.25) is 0 Å². The zero-order valence-corrected chi connectivity index (χ0v) is 59.3. The maximum atomic E-state index is 14.0. The quantitative estimate of drug-likeness (QED) is 0.238. The molecule has 20 fully saturated rings. The van der Waals surface area contributed by atoms with E-state index in [1.807, 2.05) is 0 Å². The second-order valence-electron chi connectivity index (χ2n) is 33.6. The number of Topliss-reactive ketones (excluding diaryl/α,β-unsaturated/α-hetero) is 2. The Labute approximate surface area is 589 Å². The fourth-order valence-corrected chi connectivity index (χ4v) is 22.2. The summed E-state index contributed by atoms with van der Waals surface area (Å²) in [6, 6.07) is 0. The van der Waals surface area contributed by atoms with Crippen LogP contribution in [-0.4, -0.2) is 244 Å². The van der Waals surface area contributed by atoms with E-state index in [4.69, 9.17) is 85.3 Å². The van der Waals surface area contributed by atoms with Crippen molar-refractivity contribution in [1.82, 2.24) is 0 Å². The third kappa shape index (κ3) is 13.3. The Hall–Kier alpha value is -2.50. The molecular weight excluding hydrogens is 1290 g/mol. The number of ether oxygens (including phenoxy) is 18. The van der Waals surface area contributed by atoms with Crippen LogP contribution in [-0.2, 0) is 94.9 Å². The number of rotatable bonds is 6. The number of aliphatic hydroxyl groups is 2. The molecule has 22 nitrogen and oxygen atoms in total. The van der Waals surface area contributed by atoms with Crippen LogP contribution in [0.3, 0.4) is 0 Å². The van der Waals surface area contributed by atoms with E-state index >= 15 is 0 Å². The highest BCUT2D eigenvalue weighted by molar-refractivity contribution is 5.80. The molecule has 20 rings (SSSR count). The van der Waals surface area contributed by atoms with Gasteiger partial charge in [0.05, 0.1) is 122 Å². The van der Waals surface area contributed by atoms with Crippen molar-refractivity contribution in [2.24, 2.45) is 23.7 Å². The molecule has 556 valence electrons. The molecule has 20 aliphatic rings. The molecule has 0 aromatic carbocycles. The summed E-state index contributed by atoms with van der Waals surface area (Å²) in [5.41, 5.74) is 4.45. The summed E-state index contributed by atoms with van der Waals surface area (Å²) >= 11 is 0. The van der Waals surface area contributed by atoms with E-state index in [2.05, 4.69) is 40.2 Å². The highest BCUT2D eigenvalue weighted by Gasteiger charge is 2.71. The fourth-order valence-electron chi connectivity index (χ4n) is 22.2. The number of methoxy groups -OCH3 is 2. The number of aliphatic hydroxyl groups excluding tert-OH is 2. The van der Waals surface area contributed by atoms with Crippen molar-refractivity contribution in [3.8, 4) is 0 Å². The largest absolute Gasteiger partial charge is 0.396 e. The first-order chi connectivity index (χ1) is 48.4. The van der Waals surface area contributed by atoms with Crippen molar-refractivity contribution in [2.75, 3.05) is 27.4 Å². The van der Waals surface area contributed by atoms with Gasteiger partial charge in [0.15, 0.2) is 11.6 Å². The molecule has 24 bridgehead atoms. The van der Waals surface area contributed by atoms with Gasteiger partial charge in [-0.2, -0.15) is 0 Å². The average Bonchev–Trinajstić information content (AvgIpc) is 1.54. The predicted molar refractivity (Wildman–Crippen MR) is 357 cm³/mol. The zero-order chi connectivity index (χ0) is 68.6. The minimum atomic E-state index is -0.769. The fraction of sp³-hybridized carbons (Fsp3) is 0.872. The molecule has 0 aromatic rings. The van der Waals surface area contributed by atoms with E-state index in [1.165, 1.54) is 0 Å². The van der Waals surface area contributed by atoms with Gasteiger partial charge in [-0.25, -0.2) is 0 Å². The van der Waals surface area contributed by atoms with Crippen molar-refractivity contribution in [1.29, 1.82) is 0 Å². The van der Waals surface area contributed by atoms with Gasteiger partial charge in [-0.1, -0.05) is 40.2 Å². The van der Waals surface area contributed by atoms with Crippen LogP contribution < -0.4 is 0 Å². The number of hydrogen-bond acceptors (Lipinski definition) is 22. The van der Waals surface area contributed by atoms with Gasteiger partial charge in [-0.15, -0.1) is 0 Å². The smallest absolute Gasteiger partial charge is 0.172 e. The number of fused-ring (bicyclic) bond motifs is 12. The monoisotopic (exact) mass is 1400 g/mol. The van der Waals surface area contributed by atoms with Crippen LogP contribution in [0.4, 0.5) is 0 Å². The van der Waals surface area contributed by atoms with E-state index in [0.717, 1.165) is 112 Å². The van der Waals surface area contributed by atoms with E-state index in [0.29, 0.717) is 88.9 Å². The molecule has 20 saturated heterocycles. The summed E-state index contributed by atoms with van der Waals surface area (Å²) in [4.78, 5) is 27.9. The van der Waals surface area contributed by atoms with Gasteiger partial charge >= 0.3 is 0 Å². The van der Waals surface area contributed by atoms with E-state index in [9.17, 15) is 19.8 Å². The first kappa shape index (κ1) is 70.5. The first-order valence-corrected chi connectivity index (χ1v) is 39.0. The highest BCUT2D eigenvalue weighted by Crippen LogP contribution is 2.57. The summed E-state index contributed by atoms with van der Waals surface area (Å²) in [6.45, 7) is 22.2. The normalized spacial score (nSPS) is 53.3. The van der Waals surface area contributed by atoms with Crippen LogP contribution in [0.5, 0.6) is 0 Å². The summed E-state index contributed by atoms with van der Waals surface area (Å²) in [6.07, 6.45) is 12.6. The Morgan fingerprint density at radius 3 is 1.18 bits per heavy atom. The minimum absolute atomic E-state index is 0.00233. The second-order valence-corrected chi connectivity index (χ2v) is 33.6. The maximum absolute atomic E-state index is 14.0. The van der Waals surface area contributed by atoms with E-state index in [1.54, 1.807) is 14.2 Å². The number of ketones is 2. The molecule has 0 aliphatic carbocycles. The van der Waals surface area contributed by atoms with Crippen molar-refractivity contribution in [2.45, 2.75) is 375 Å². The van der Waals surface area contributed by atoms with E-state index in [-0.39, 0.29) is 220 Å². The minimum Gasteiger partial charge on any atom is -0.396 e. The Morgan fingerprint density at radius 2 is 0.760 bits per heavy atom. The summed E-state index contributed by atoms with van der Waals surface area (Å²) < 4.78 is 120. The Kier molecular flexibility index (Phi) is 20.1. The molecule has 0 radical (unpaired) electrons. The molecule has 0 aromatic heterocycles. The number of carbonyl (C=O) groups is 2. The summed E-state index contributed by atoms with van der Waals surface area (Å²) in [5.74, 6) is -1.02. The summed E-state index contributed by atoms with van der Waals surface area (Å²) in [5, 5.41) is 19.7. The number of carbonyl (C=O) groups excluding carboxylic acids is 2. The molecule has 34 unspecified atom stereocenters. The van der Waals surface area contributed by atoms with Gasteiger partial charge in [-0.3, -0.25) is 9.59 Å². The lowest BCUT2D eigenvalue weighted by atomic mass is 9.81. The molecule has 22 heteroatoms. The molecule has 2 spiro atoms. The van der Waals surface area contributed by atoms with Crippen molar-refractivity contribution in [3.05, 3.63) is 48.6 Å². The molecule has 0 saturated carbocycles. The second kappa shape index (κ2) is 28.6. The first-order valence-electron chi connectivity index (χ1n) is 39.0. The Morgan fingerprint density at radius 1 is 0.380 bits per heavy atom. The lowest BCUT2D eigenvalue weighted by Crippen LogP contribution is -2.61. The standard InChI is InChI=1S/2C39H56O11/c2*1-19-13-23-5-7-27-20(2)14-25(43-27)9-11-39-18-32-35(49-39)36-37(48-32)38(50-39)34-28(47-36)8-6-24(45-34)15-22(41)16-26-31(17-30(44-23)21(19)3)46-29(10-12-40)33(26)42-4/h2*19,23-38,40H,2-3,5-18H2,1,4H3/t2*19?,23?,24?,25?,26?,27?,28?,29?,30?,31?,32?,33?,34?,35?,36-,37?,38?,39?/m00/s1. The molecular formula is C78H112O22. The maximum Gasteiger partial charge on any atom is 0.172 e. The Balaban J connectivity index is 0.000000150. The molecule has 100 heavy (non-hydrogen) atoms. The van der Waals surface area contributed by atoms with Crippen LogP contribution in [0.1, 0.15) is 181 Å². The predicted octanol–water partition coefficient (Wildman–Crippen LogP) is 8.22. The highest BCUT2D eigenvalue weighted by atomic mass is 16.8. The topological polar surface area (TPSA) is 241 Å². The average molecular weight is 1400 g/mol. The van der Waals surface area contributed by atoms with Gasteiger partial charge in [-0.05, 0) is 137 Å². The third-order valence-electron chi connectivity index (χ3n) is 27.2. The van der Waals surface area contributed by atoms with Crippen LogP contribution in [0, 0.1) is 23.7 Å². The van der Waals surface area contributed by atoms with Gasteiger partial charge in [0.2, 0.25) is 0 Å². The molecule has 20 heterocycles. The van der Waals surface area contributed by atoms with Gasteiger partial charge in [0.25, 0.3) is 0 Å². The molecule has 20 aliphatic heterocycles. The lowest BCUT2D eigenvalue weighted by Gasteiger charge is -2.47. The number of hydrogen-bond donors (Lipinski definition) is 2. The zero-order valence-electron chi connectivity index (χ0n) is 59.3. The van der Waals surface area contributed by atoms with Crippen molar-refractivity contribution in [3.63, 3.8) is 0 Å². The van der Waals surface area contributed by atoms with Crippen molar-refractivity contribution < 1.29 is 105 Å². The van der Waals surface area contributed by atoms with E-state index < -0.39 is 11.6 Å². The lowest BCUT2D eigenvalue weighted by molar-refractivity contribution is -0.292. The van der Waals surface area contributed by atoms with Gasteiger partial charge < -0.3 is 95.5 Å². The molecule has 0 amide bonds. The Bertz CT molecular complexity index is 2840.